The topological polar surface area (TPSA) is 102 Å². The summed E-state index contributed by atoms with van der Waals surface area (Å²) in [5, 5.41) is 3.50. The van der Waals surface area contributed by atoms with Gasteiger partial charge in [0.15, 0.2) is 0 Å². The van der Waals surface area contributed by atoms with Crippen molar-refractivity contribution in [2.45, 2.75) is 63.0 Å². The van der Waals surface area contributed by atoms with Crippen LogP contribution in [-0.4, -0.2) is 56.1 Å². The summed E-state index contributed by atoms with van der Waals surface area (Å²) < 4.78 is 5.99. The fourth-order valence-corrected chi connectivity index (χ4v) is 6.71. The normalized spacial score (nSPS) is 23.0. The van der Waals surface area contributed by atoms with E-state index in [0.717, 1.165) is 15.6 Å². The SMILES string of the molecule is C=C(C)[C@H]1N(CC(N)=O)C(=O)C[C@@H](c2cccc(Cl)c2)[C@]12C(=O)Nc1cc(Br)ccc12.COC(C)[Si](C)(C)C. The number of anilines is 1. The molecule has 2 aromatic rings. The minimum absolute atomic E-state index is 0.0281. The number of nitrogens with two attached hydrogens (primary N) is 1. The third-order valence-electron chi connectivity index (χ3n) is 7.66. The van der Waals surface area contributed by atoms with Crippen molar-refractivity contribution in [1.82, 2.24) is 4.90 Å². The number of ether oxygens (including phenoxy) is 1. The van der Waals surface area contributed by atoms with Crippen LogP contribution in [-0.2, 0) is 24.5 Å². The van der Waals surface area contributed by atoms with Gasteiger partial charge in [0.2, 0.25) is 17.7 Å². The molecule has 0 saturated carbocycles. The number of hydrogen-bond acceptors (Lipinski definition) is 4. The third kappa shape index (κ3) is 6.16. The average molecular weight is 635 g/mol. The third-order valence-corrected chi connectivity index (χ3v) is 11.1. The van der Waals surface area contributed by atoms with Crippen LogP contribution in [0.15, 0.2) is 59.1 Å². The minimum Gasteiger partial charge on any atom is -0.385 e. The molecule has 210 valence electrons. The molecule has 1 saturated heterocycles. The number of likely N-dealkylation sites (tertiary alicyclic amines) is 1. The summed E-state index contributed by atoms with van der Waals surface area (Å²) in [6, 6.07) is 12.0. The van der Waals surface area contributed by atoms with Gasteiger partial charge in [-0.05, 0) is 49.2 Å². The molecule has 2 aliphatic heterocycles. The molecule has 10 heteroatoms. The number of fused-ring (bicyclic) bond motifs is 2. The zero-order valence-electron chi connectivity index (χ0n) is 23.3. The van der Waals surface area contributed by atoms with Gasteiger partial charge in [-0.1, -0.05) is 77.5 Å². The average Bonchev–Trinajstić information content (AvgIpc) is 3.10. The van der Waals surface area contributed by atoms with Crippen LogP contribution in [0.25, 0.3) is 0 Å². The van der Waals surface area contributed by atoms with Crippen molar-refractivity contribution >= 4 is 59.0 Å². The van der Waals surface area contributed by atoms with Gasteiger partial charge < -0.3 is 20.7 Å². The number of nitrogens with one attached hydrogen (secondary N) is 1. The predicted octanol–water partition coefficient (Wildman–Crippen LogP) is 5.64. The van der Waals surface area contributed by atoms with E-state index in [-0.39, 0.29) is 24.8 Å². The second-order valence-corrected chi connectivity index (χ2v) is 18.2. The number of nitrogens with zero attached hydrogens (tertiary/aromatic N) is 1. The van der Waals surface area contributed by atoms with E-state index in [0.29, 0.717) is 22.0 Å². The maximum Gasteiger partial charge on any atom is 0.238 e. The molecule has 0 aliphatic carbocycles. The second kappa shape index (κ2) is 12.0. The summed E-state index contributed by atoms with van der Waals surface area (Å²) in [6.45, 7) is 14.6. The highest BCUT2D eigenvalue weighted by Crippen LogP contribution is 2.56. The standard InChI is InChI=1S/C23H21BrClN3O3.C6H16OSi/c1-12(2)21-23(16-7-6-14(24)9-18(16)27-22(23)31)17(13-4-3-5-15(25)8-13)10-20(30)28(21)11-19(26)29;1-6(7-2)8(3,4)5/h3-9,17,21H,1,10-11H2,2H3,(H2,26,29)(H,27,31);6H,1-5H3/t17-,21+,23-;/m0./s1. The quantitative estimate of drug-likeness (QED) is 0.317. The largest absolute Gasteiger partial charge is 0.385 e. The van der Waals surface area contributed by atoms with Crippen LogP contribution in [0.2, 0.25) is 24.7 Å². The van der Waals surface area contributed by atoms with E-state index in [1.165, 1.54) is 4.90 Å². The molecule has 1 fully saturated rings. The van der Waals surface area contributed by atoms with E-state index in [1.54, 1.807) is 32.2 Å². The lowest BCUT2D eigenvalue weighted by atomic mass is 9.58. The van der Waals surface area contributed by atoms with E-state index in [9.17, 15) is 14.4 Å². The molecule has 4 atom stereocenters. The Balaban J connectivity index is 0.000000459. The van der Waals surface area contributed by atoms with Gasteiger partial charge in [0.1, 0.15) is 5.41 Å². The Morgan fingerprint density at radius 1 is 1.28 bits per heavy atom. The number of piperidine rings is 1. The van der Waals surface area contributed by atoms with Crippen molar-refractivity contribution in [2.24, 2.45) is 5.73 Å². The van der Waals surface area contributed by atoms with Gasteiger partial charge in [-0.2, -0.15) is 0 Å². The van der Waals surface area contributed by atoms with E-state index >= 15 is 0 Å². The van der Waals surface area contributed by atoms with Crippen molar-refractivity contribution < 1.29 is 19.1 Å². The Hall–Kier alpha value is -2.46. The van der Waals surface area contributed by atoms with Gasteiger partial charge in [-0.15, -0.1) is 0 Å². The lowest BCUT2D eigenvalue weighted by Crippen LogP contribution is -2.64. The number of primary amides is 1. The Morgan fingerprint density at radius 2 is 1.95 bits per heavy atom. The number of benzene rings is 2. The van der Waals surface area contributed by atoms with Gasteiger partial charge in [-0.3, -0.25) is 14.4 Å². The van der Waals surface area contributed by atoms with Gasteiger partial charge >= 0.3 is 0 Å². The molecule has 4 rings (SSSR count). The number of hydrogen-bond donors (Lipinski definition) is 2. The first-order valence-corrected chi connectivity index (χ1v) is 17.5. The predicted molar refractivity (Wildman–Crippen MR) is 163 cm³/mol. The molecule has 0 bridgehead atoms. The zero-order valence-corrected chi connectivity index (χ0v) is 26.7. The Labute approximate surface area is 245 Å². The fourth-order valence-electron chi connectivity index (χ4n) is 5.44. The maximum absolute atomic E-state index is 13.8. The monoisotopic (exact) mass is 633 g/mol. The van der Waals surface area contributed by atoms with Crippen molar-refractivity contribution in [1.29, 1.82) is 0 Å². The highest BCUT2D eigenvalue weighted by molar-refractivity contribution is 9.10. The van der Waals surface area contributed by atoms with Crippen LogP contribution in [0.5, 0.6) is 0 Å². The van der Waals surface area contributed by atoms with E-state index in [4.69, 9.17) is 22.1 Å². The molecular formula is C29H37BrClN3O4Si. The van der Waals surface area contributed by atoms with Gasteiger partial charge in [0, 0.05) is 40.4 Å². The molecule has 3 amide bonds. The van der Waals surface area contributed by atoms with Crippen molar-refractivity contribution in [3.8, 4) is 0 Å². The second-order valence-electron chi connectivity index (χ2n) is 11.3. The summed E-state index contributed by atoms with van der Waals surface area (Å²) in [5.41, 5.74) is 7.54. The summed E-state index contributed by atoms with van der Waals surface area (Å²) in [6.07, 6.45) is 0.0281. The highest BCUT2D eigenvalue weighted by atomic mass is 79.9. The molecule has 0 aromatic heterocycles. The molecule has 0 radical (unpaired) electrons. The number of methoxy groups -OCH3 is 1. The minimum atomic E-state index is -1.18. The van der Waals surface area contributed by atoms with Crippen molar-refractivity contribution in [3.05, 3.63) is 75.2 Å². The molecule has 2 heterocycles. The van der Waals surface area contributed by atoms with Crippen molar-refractivity contribution in [2.75, 3.05) is 19.0 Å². The molecule has 39 heavy (non-hydrogen) atoms. The molecule has 3 N–H and O–H groups in total. The molecule has 1 spiro atoms. The van der Waals surface area contributed by atoms with Gasteiger partial charge in [-0.25, -0.2) is 0 Å². The van der Waals surface area contributed by atoms with Crippen LogP contribution < -0.4 is 11.1 Å². The first-order chi connectivity index (χ1) is 18.1. The summed E-state index contributed by atoms with van der Waals surface area (Å²) >= 11 is 9.72. The smallest absolute Gasteiger partial charge is 0.238 e. The van der Waals surface area contributed by atoms with Crippen molar-refractivity contribution in [3.63, 3.8) is 0 Å². The fraction of sp³-hybridized carbons (Fsp3) is 0.414. The van der Waals surface area contributed by atoms with E-state index in [2.05, 4.69) is 54.4 Å². The lowest BCUT2D eigenvalue weighted by molar-refractivity contribution is -0.146. The van der Waals surface area contributed by atoms with Gasteiger partial charge in [0.05, 0.1) is 20.7 Å². The summed E-state index contributed by atoms with van der Waals surface area (Å²) in [7, 11) is 0.798. The summed E-state index contributed by atoms with van der Waals surface area (Å²) in [5.74, 6) is -1.67. The molecular weight excluding hydrogens is 598 g/mol. The Morgan fingerprint density at radius 3 is 2.46 bits per heavy atom. The van der Waals surface area contributed by atoms with Crippen LogP contribution in [0.3, 0.4) is 0 Å². The molecule has 2 aromatic carbocycles. The lowest BCUT2D eigenvalue weighted by Gasteiger charge is -2.51. The number of halogens is 2. The molecule has 1 unspecified atom stereocenters. The number of amides is 3. The first-order valence-electron chi connectivity index (χ1n) is 12.8. The number of carbonyl (C=O) groups is 3. The summed E-state index contributed by atoms with van der Waals surface area (Å²) in [4.78, 5) is 40.2. The number of carbonyl (C=O) groups excluding carboxylic acids is 3. The van der Waals surface area contributed by atoms with Gasteiger partial charge in [0.25, 0.3) is 0 Å². The van der Waals surface area contributed by atoms with Crippen LogP contribution in [0.1, 0.15) is 37.3 Å². The van der Waals surface area contributed by atoms with E-state index < -0.39 is 31.4 Å². The van der Waals surface area contributed by atoms with Crippen LogP contribution in [0.4, 0.5) is 5.69 Å². The highest BCUT2D eigenvalue weighted by Gasteiger charge is 2.63. The molecule has 7 nitrogen and oxygen atoms in total. The van der Waals surface area contributed by atoms with Crippen LogP contribution in [0, 0.1) is 0 Å². The Bertz CT molecular complexity index is 1300. The van der Waals surface area contributed by atoms with Crippen LogP contribution >= 0.6 is 27.5 Å². The van der Waals surface area contributed by atoms with E-state index in [1.807, 2.05) is 24.3 Å². The Kier molecular flexibility index (Phi) is 9.53. The maximum atomic E-state index is 13.8. The zero-order chi connectivity index (χ0) is 29.3. The first kappa shape index (κ1) is 31.1. The number of rotatable bonds is 6. The molecule has 2 aliphatic rings.